The number of fused-ring (bicyclic) bond motifs is 2. The van der Waals surface area contributed by atoms with E-state index < -0.39 is 0 Å². The van der Waals surface area contributed by atoms with Crippen molar-refractivity contribution in [2.24, 2.45) is 5.92 Å². The van der Waals surface area contributed by atoms with Gasteiger partial charge in [0.25, 0.3) is 0 Å². The van der Waals surface area contributed by atoms with Gasteiger partial charge in [-0.3, -0.25) is 0 Å². The van der Waals surface area contributed by atoms with Crippen LogP contribution in [-0.2, 0) is 5.41 Å². The van der Waals surface area contributed by atoms with Crippen molar-refractivity contribution in [2.75, 3.05) is 13.1 Å². The lowest BCUT2D eigenvalue weighted by atomic mass is 9.89. The smallest absolute Gasteiger partial charge is 0.0486 e. The zero-order valence-electron chi connectivity index (χ0n) is 10.2. The Morgan fingerprint density at radius 1 is 1.35 bits per heavy atom. The number of aromatic nitrogens is 1. The van der Waals surface area contributed by atoms with Gasteiger partial charge >= 0.3 is 0 Å². The number of benzene rings is 1. The van der Waals surface area contributed by atoms with Gasteiger partial charge in [-0.05, 0) is 43.4 Å². The molecule has 0 spiro atoms. The number of nitrogens with one attached hydrogen (secondary N) is 2. The average Bonchev–Trinajstić information content (AvgIpc) is 2.93. The number of hydrogen-bond donors (Lipinski definition) is 2. The summed E-state index contributed by atoms with van der Waals surface area (Å²) in [6.07, 6.45) is 4.98. The predicted molar refractivity (Wildman–Crippen MR) is 70.3 cm³/mol. The molecule has 17 heavy (non-hydrogen) atoms. The fraction of sp³-hybridized carbons (Fsp3) is 0.467. The molecule has 1 saturated heterocycles. The highest BCUT2D eigenvalue weighted by molar-refractivity contribution is 5.87. The SMILES string of the molecule is Cc1cccc2c(C34CNCC[C@@H]3C4)c[nH]c12. The largest absolute Gasteiger partial charge is 0.361 e. The summed E-state index contributed by atoms with van der Waals surface area (Å²) in [5, 5.41) is 5.01. The van der Waals surface area contributed by atoms with Crippen LogP contribution >= 0.6 is 0 Å². The molecule has 1 aliphatic heterocycles. The first-order valence-electron chi connectivity index (χ1n) is 6.59. The van der Waals surface area contributed by atoms with Crippen LogP contribution in [0.15, 0.2) is 24.4 Å². The molecule has 1 saturated carbocycles. The van der Waals surface area contributed by atoms with Crippen molar-refractivity contribution < 1.29 is 0 Å². The maximum absolute atomic E-state index is 3.57. The highest BCUT2D eigenvalue weighted by Gasteiger charge is 2.56. The molecule has 88 valence electrons. The summed E-state index contributed by atoms with van der Waals surface area (Å²) in [5.74, 6) is 0.920. The Kier molecular flexibility index (Phi) is 1.79. The lowest BCUT2D eigenvalue weighted by Crippen LogP contribution is -2.34. The van der Waals surface area contributed by atoms with Crippen molar-refractivity contribution in [3.63, 3.8) is 0 Å². The van der Waals surface area contributed by atoms with Crippen LogP contribution in [0.25, 0.3) is 10.9 Å². The number of piperidine rings is 1. The van der Waals surface area contributed by atoms with E-state index in [0.29, 0.717) is 5.41 Å². The Morgan fingerprint density at radius 3 is 3.18 bits per heavy atom. The highest BCUT2D eigenvalue weighted by atomic mass is 14.9. The lowest BCUT2D eigenvalue weighted by Gasteiger charge is -2.22. The number of aromatic amines is 1. The van der Waals surface area contributed by atoms with Gasteiger partial charge in [-0.2, -0.15) is 0 Å². The first-order valence-corrected chi connectivity index (χ1v) is 6.59. The summed E-state index contributed by atoms with van der Waals surface area (Å²) in [4.78, 5) is 3.48. The number of H-pyrrole nitrogens is 1. The molecule has 1 aromatic carbocycles. The van der Waals surface area contributed by atoms with E-state index >= 15 is 0 Å². The topological polar surface area (TPSA) is 27.8 Å². The van der Waals surface area contributed by atoms with Crippen LogP contribution in [0, 0.1) is 12.8 Å². The standard InChI is InChI=1S/C15H18N2/c1-10-3-2-4-12-13(8-17-14(10)12)15-7-11(15)5-6-16-9-15/h2-4,8,11,16-17H,5-7,9H2,1H3/t11-,15?/m1/s1. The van der Waals surface area contributed by atoms with Gasteiger partial charge in [-0.25, -0.2) is 0 Å². The van der Waals surface area contributed by atoms with E-state index in [0.717, 1.165) is 5.92 Å². The van der Waals surface area contributed by atoms with E-state index in [4.69, 9.17) is 0 Å². The van der Waals surface area contributed by atoms with E-state index in [1.54, 1.807) is 5.56 Å². The minimum atomic E-state index is 0.449. The third-order valence-electron chi connectivity index (χ3n) is 4.80. The Balaban J connectivity index is 1.90. The summed E-state index contributed by atoms with van der Waals surface area (Å²) in [6.45, 7) is 4.55. The molecule has 2 fully saturated rings. The molecule has 2 N–H and O–H groups in total. The Labute approximate surface area is 101 Å². The second-order valence-electron chi connectivity index (χ2n) is 5.72. The number of hydrogen-bond acceptors (Lipinski definition) is 1. The van der Waals surface area contributed by atoms with Crippen LogP contribution in [0.5, 0.6) is 0 Å². The second kappa shape index (κ2) is 3.14. The van der Waals surface area contributed by atoms with Crippen LogP contribution in [0.3, 0.4) is 0 Å². The number of para-hydroxylation sites is 1. The molecule has 2 heteroatoms. The first-order chi connectivity index (χ1) is 8.31. The van der Waals surface area contributed by atoms with Gasteiger partial charge in [-0.15, -0.1) is 0 Å². The molecule has 2 aromatic rings. The van der Waals surface area contributed by atoms with Crippen molar-refractivity contribution in [3.8, 4) is 0 Å². The van der Waals surface area contributed by atoms with Crippen molar-refractivity contribution >= 4 is 10.9 Å². The van der Waals surface area contributed by atoms with Crippen molar-refractivity contribution in [3.05, 3.63) is 35.5 Å². The van der Waals surface area contributed by atoms with Crippen LogP contribution in [0.1, 0.15) is 24.0 Å². The molecule has 1 aromatic heterocycles. The Morgan fingerprint density at radius 2 is 2.29 bits per heavy atom. The van der Waals surface area contributed by atoms with Gasteiger partial charge in [0.15, 0.2) is 0 Å². The van der Waals surface area contributed by atoms with Crippen molar-refractivity contribution in [1.29, 1.82) is 0 Å². The molecule has 2 heterocycles. The maximum atomic E-state index is 3.57. The molecular formula is C15H18N2. The second-order valence-corrected chi connectivity index (χ2v) is 5.72. The zero-order valence-corrected chi connectivity index (χ0v) is 10.2. The average molecular weight is 226 g/mol. The third kappa shape index (κ3) is 1.19. The molecule has 2 aliphatic rings. The molecule has 1 aliphatic carbocycles. The van der Waals surface area contributed by atoms with Gasteiger partial charge in [0.1, 0.15) is 0 Å². The molecule has 2 nitrogen and oxygen atoms in total. The van der Waals surface area contributed by atoms with Crippen molar-refractivity contribution in [1.82, 2.24) is 10.3 Å². The lowest BCUT2D eigenvalue weighted by molar-refractivity contribution is 0.449. The molecule has 4 rings (SSSR count). The van der Waals surface area contributed by atoms with Gasteiger partial charge in [0.05, 0.1) is 0 Å². The Bertz CT molecular complexity index is 584. The number of rotatable bonds is 1. The predicted octanol–water partition coefficient (Wildman–Crippen LogP) is 2.73. The molecular weight excluding hydrogens is 208 g/mol. The van der Waals surface area contributed by atoms with E-state index in [-0.39, 0.29) is 0 Å². The zero-order chi connectivity index (χ0) is 11.5. The summed E-state index contributed by atoms with van der Waals surface area (Å²) in [7, 11) is 0. The Hall–Kier alpha value is -1.28. The minimum absolute atomic E-state index is 0.449. The molecule has 0 radical (unpaired) electrons. The fourth-order valence-electron chi connectivity index (χ4n) is 3.71. The molecule has 0 bridgehead atoms. The van der Waals surface area contributed by atoms with Crippen molar-refractivity contribution in [2.45, 2.75) is 25.2 Å². The van der Waals surface area contributed by atoms with Gasteiger partial charge in [0, 0.05) is 29.1 Å². The van der Waals surface area contributed by atoms with Gasteiger partial charge in [0.2, 0.25) is 0 Å². The maximum Gasteiger partial charge on any atom is 0.0486 e. The molecule has 1 unspecified atom stereocenters. The van der Waals surface area contributed by atoms with E-state index in [9.17, 15) is 0 Å². The summed E-state index contributed by atoms with van der Waals surface area (Å²) < 4.78 is 0. The van der Waals surface area contributed by atoms with Crippen LogP contribution in [0.2, 0.25) is 0 Å². The van der Waals surface area contributed by atoms with Gasteiger partial charge < -0.3 is 10.3 Å². The van der Waals surface area contributed by atoms with Crippen LogP contribution in [-0.4, -0.2) is 18.1 Å². The van der Waals surface area contributed by atoms with E-state index in [1.165, 1.54) is 42.4 Å². The summed E-state index contributed by atoms with van der Waals surface area (Å²) >= 11 is 0. The minimum Gasteiger partial charge on any atom is -0.361 e. The molecule has 2 atom stereocenters. The third-order valence-corrected chi connectivity index (χ3v) is 4.80. The van der Waals surface area contributed by atoms with E-state index in [2.05, 4.69) is 41.6 Å². The molecule has 0 amide bonds. The number of aryl methyl sites for hydroxylation is 1. The summed E-state index contributed by atoms with van der Waals surface area (Å²) in [6, 6.07) is 6.63. The first kappa shape index (κ1) is 9.72. The van der Waals surface area contributed by atoms with Crippen LogP contribution < -0.4 is 5.32 Å². The van der Waals surface area contributed by atoms with Crippen LogP contribution in [0.4, 0.5) is 0 Å². The highest BCUT2D eigenvalue weighted by Crippen LogP contribution is 2.58. The van der Waals surface area contributed by atoms with E-state index in [1.807, 2.05) is 0 Å². The van der Waals surface area contributed by atoms with Gasteiger partial charge in [-0.1, -0.05) is 18.2 Å². The normalized spacial score (nSPS) is 31.5. The quantitative estimate of drug-likeness (QED) is 0.769. The summed E-state index contributed by atoms with van der Waals surface area (Å²) in [5.41, 5.74) is 4.68. The fourth-order valence-corrected chi connectivity index (χ4v) is 3.71. The monoisotopic (exact) mass is 226 g/mol.